The van der Waals surface area contributed by atoms with E-state index in [4.69, 9.17) is 4.74 Å². The topological polar surface area (TPSA) is 49.9 Å². The first kappa shape index (κ1) is 14.9. The van der Waals surface area contributed by atoms with Crippen molar-refractivity contribution in [2.24, 2.45) is 0 Å². The van der Waals surface area contributed by atoms with Gasteiger partial charge in [-0.1, -0.05) is 18.2 Å². The first-order chi connectivity index (χ1) is 10.7. The van der Waals surface area contributed by atoms with E-state index in [0.717, 1.165) is 31.6 Å². The number of carbonyl (C=O) groups excluding carboxylic acids is 2. The number of ether oxygens (including phenoxy) is 1. The van der Waals surface area contributed by atoms with Gasteiger partial charge in [-0.3, -0.25) is 9.59 Å². The molecule has 0 aromatic heterocycles. The van der Waals surface area contributed by atoms with Crippen LogP contribution in [0, 0.1) is 0 Å². The van der Waals surface area contributed by atoms with Crippen LogP contribution in [-0.4, -0.2) is 53.4 Å². The molecule has 0 N–H and O–H groups in total. The Morgan fingerprint density at radius 3 is 2.73 bits per heavy atom. The quantitative estimate of drug-likeness (QED) is 0.778. The Balaban J connectivity index is 1.53. The number of rotatable bonds is 5. The van der Waals surface area contributed by atoms with Crippen molar-refractivity contribution in [1.29, 1.82) is 0 Å². The molecule has 2 saturated heterocycles. The SMILES string of the molecule is C[C@H]1C(=O)N2CCC[C@@H]2C(=O)N1CCCOc1ccccc1. The molecule has 0 saturated carbocycles. The van der Waals surface area contributed by atoms with Crippen LogP contribution in [0.3, 0.4) is 0 Å². The summed E-state index contributed by atoms with van der Waals surface area (Å²) in [5.41, 5.74) is 0. The van der Waals surface area contributed by atoms with Gasteiger partial charge in [0.2, 0.25) is 11.8 Å². The lowest BCUT2D eigenvalue weighted by atomic mass is 10.1. The van der Waals surface area contributed by atoms with Crippen molar-refractivity contribution in [3.63, 3.8) is 0 Å². The van der Waals surface area contributed by atoms with E-state index < -0.39 is 0 Å². The largest absolute Gasteiger partial charge is 0.494 e. The zero-order valence-electron chi connectivity index (χ0n) is 12.9. The van der Waals surface area contributed by atoms with Gasteiger partial charge in [0.05, 0.1) is 6.61 Å². The summed E-state index contributed by atoms with van der Waals surface area (Å²) in [6.07, 6.45) is 2.46. The Kier molecular flexibility index (Phi) is 4.32. The molecule has 2 aliphatic heterocycles. The Bertz CT molecular complexity index is 546. The van der Waals surface area contributed by atoms with Gasteiger partial charge in [0.25, 0.3) is 0 Å². The number of carbonyl (C=O) groups is 2. The van der Waals surface area contributed by atoms with Gasteiger partial charge >= 0.3 is 0 Å². The summed E-state index contributed by atoms with van der Waals surface area (Å²) in [5.74, 6) is 1.02. The van der Waals surface area contributed by atoms with Crippen molar-refractivity contribution in [3.05, 3.63) is 30.3 Å². The molecule has 5 nitrogen and oxygen atoms in total. The fourth-order valence-corrected chi connectivity index (χ4v) is 3.29. The van der Waals surface area contributed by atoms with Gasteiger partial charge < -0.3 is 14.5 Å². The first-order valence-corrected chi connectivity index (χ1v) is 7.97. The van der Waals surface area contributed by atoms with Crippen LogP contribution in [-0.2, 0) is 9.59 Å². The van der Waals surface area contributed by atoms with Crippen LogP contribution in [0.5, 0.6) is 5.75 Å². The number of para-hydroxylation sites is 1. The van der Waals surface area contributed by atoms with Crippen LogP contribution in [0.4, 0.5) is 0 Å². The smallest absolute Gasteiger partial charge is 0.246 e. The van der Waals surface area contributed by atoms with E-state index in [1.807, 2.05) is 37.3 Å². The lowest BCUT2D eigenvalue weighted by Gasteiger charge is -2.40. The highest BCUT2D eigenvalue weighted by molar-refractivity contribution is 5.97. The zero-order chi connectivity index (χ0) is 15.5. The predicted octanol–water partition coefficient (Wildman–Crippen LogP) is 1.68. The molecule has 2 heterocycles. The Morgan fingerprint density at radius 2 is 1.95 bits per heavy atom. The minimum Gasteiger partial charge on any atom is -0.494 e. The molecule has 0 radical (unpaired) electrons. The highest BCUT2D eigenvalue weighted by Gasteiger charge is 2.45. The lowest BCUT2D eigenvalue weighted by Crippen LogP contribution is -2.61. The number of benzene rings is 1. The van der Waals surface area contributed by atoms with E-state index in [-0.39, 0.29) is 23.9 Å². The van der Waals surface area contributed by atoms with Crippen molar-refractivity contribution in [3.8, 4) is 5.75 Å². The van der Waals surface area contributed by atoms with Crippen LogP contribution < -0.4 is 4.74 Å². The van der Waals surface area contributed by atoms with Gasteiger partial charge in [-0.25, -0.2) is 0 Å². The minimum absolute atomic E-state index is 0.0890. The Labute approximate surface area is 130 Å². The van der Waals surface area contributed by atoms with Gasteiger partial charge in [0, 0.05) is 13.1 Å². The normalized spacial score (nSPS) is 24.6. The molecule has 0 bridgehead atoms. The molecule has 2 fully saturated rings. The molecule has 5 heteroatoms. The molecule has 3 rings (SSSR count). The molecular formula is C17H22N2O3. The number of fused-ring (bicyclic) bond motifs is 1. The highest BCUT2D eigenvalue weighted by Crippen LogP contribution is 2.26. The molecule has 22 heavy (non-hydrogen) atoms. The molecular weight excluding hydrogens is 280 g/mol. The molecule has 2 amide bonds. The second-order valence-electron chi connectivity index (χ2n) is 5.91. The van der Waals surface area contributed by atoms with E-state index in [1.54, 1.807) is 9.80 Å². The maximum Gasteiger partial charge on any atom is 0.246 e. The maximum atomic E-state index is 12.5. The molecule has 0 aliphatic carbocycles. The van der Waals surface area contributed by atoms with Crippen LogP contribution in [0.25, 0.3) is 0 Å². The lowest BCUT2D eigenvalue weighted by molar-refractivity contribution is -0.158. The summed E-state index contributed by atoms with van der Waals surface area (Å²) in [5, 5.41) is 0. The maximum absolute atomic E-state index is 12.5. The fraction of sp³-hybridized carbons (Fsp3) is 0.529. The van der Waals surface area contributed by atoms with Gasteiger partial charge in [-0.2, -0.15) is 0 Å². The third kappa shape index (κ3) is 2.80. The van der Waals surface area contributed by atoms with Crippen LogP contribution in [0.2, 0.25) is 0 Å². The minimum atomic E-state index is -0.349. The fourth-order valence-electron chi connectivity index (χ4n) is 3.29. The molecule has 0 unspecified atom stereocenters. The van der Waals surface area contributed by atoms with Gasteiger partial charge in [-0.05, 0) is 38.3 Å². The zero-order valence-corrected chi connectivity index (χ0v) is 12.9. The molecule has 1 aromatic rings. The average molecular weight is 302 g/mol. The molecule has 0 spiro atoms. The molecule has 1 aromatic carbocycles. The van der Waals surface area contributed by atoms with Crippen molar-refractivity contribution in [1.82, 2.24) is 9.80 Å². The predicted molar refractivity (Wildman–Crippen MR) is 82.5 cm³/mol. The highest BCUT2D eigenvalue weighted by atomic mass is 16.5. The number of amides is 2. The summed E-state index contributed by atoms with van der Waals surface area (Å²) in [4.78, 5) is 28.3. The van der Waals surface area contributed by atoms with Crippen molar-refractivity contribution in [2.45, 2.75) is 38.3 Å². The van der Waals surface area contributed by atoms with Crippen molar-refractivity contribution < 1.29 is 14.3 Å². The van der Waals surface area contributed by atoms with E-state index in [0.29, 0.717) is 13.2 Å². The van der Waals surface area contributed by atoms with Crippen molar-refractivity contribution in [2.75, 3.05) is 19.7 Å². The van der Waals surface area contributed by atoms with Crippen LogP contribution >= 0.6 is 0 Å². The molecule has 2 aliphatic rings. The first-order valence-electron chi connectivity index (χ1n) is 7.97. The monoisotopic (exact) mass is 302 g/mol. The molecule has 2 atom stereocenters. The van der Waals surface area contributed by atoms with Gasteiger partial charge in [0.1, 0.15) is 17.8 Å². The summed E-state index contributed by atoms with van der Waals surface area (Å²) >= 11 is 0. The second-order valence-corrected chi connectivity index (χ2v) is 5.91. The summed E-state index contributed by atoms with van der Waals surface area (Å²) < 4.78 is 5.65. The third-order valence-corrected chi connectivity index (χ3v) is 4.48. The summed E-state index contributed by atoms with van der Waals surface area (Å²) in [6.45, 7) is 3.67. The van der Waals surface area contributed by atoms with E-state index in [2.05, 4.69) is 0 Å². The van der Waals surface area contributed by atoms with Crippen molar-refractivity contribution >= 4 is 11.8 Å². The van der Waals surface area contributed by atoms with Gasteiger partial charge in [-0.15, -0.1) is 0 Å². The number of nitrogens with zero attached hydrogens (tertiary/aromatic N) is 2. The van der Waals surface area contributed by atoms with Crippen LogP contribution in [0.1, 0.15) is 26.2 Å². The Morgan fingerprint density at radius 1 is 1.18 bits per heavy atom. The third-order valence-electron chi connectivity index (χ3n) is 4.48. The number of piperazine rings is 1. The number of hydrogen-bond acceptors (Lipinski definition) is 3. The van der Waals surface area contributed by atoms with E-state index in [1.165, 1.54) is 0 Å². The van der Waals surface area contributed by atoms with E-state index in [9.17, 15) is 9.59 Å². The average Bonchev–Trinajstić information content (AvgIpc) is 3.03. The number of hydrogen-bond donors (Lipinski definition) is 0. The van der Waals surface area contributed by atoms with Crippen LogP contribution in [0.15, 0.2) is 30.3 Å². The van der Waals surface area contributed by atoms with E-state index >= 15 is 0 Å². The van der Waals surface area contributed by atoms with Gasteiger partial charge in [0.15, 0.2) is 0 Å². The standard InChI is InChI=1S/C17H22N2O3/c1-13-16(20)19-10-5-9-15(19)17(21)18(13)11-6-12-22-14-7-3-2-4-8-14/h2-4,7-8,13,15H,5-6,9-12H2,1H3/t13-,15+/m0/s1. The summed E-state index contributed by atoms with van der Waals surface area (Å²) in [6, 6.07) is 9.05. The Hall–Kier alpha value is -2.04. The second kappa shape index (κ2) is 6.38. The summed E-state index contributed by atoms with van der Waals surface area (Å²) in [7, 11) is 0. The molecule has 118 valence electrons.